The quantitative estimate of drug-likeness (QED) is 0.552. The van der Waals surface area contributed by atoms with E-state index in [0.29, 0.717) is 11.3 Å². The van der Waals surface area contributed by atoms with Gasteiger partial charge in [0.1, 0.15) is 5.75 Å². The van der Waals surface area contributed by atoms with Crippen molar-refractivity contribution in [1.82, 2.24) is 0 Å². The van der Waals surface area contributed by atoms with Gasteiger partial charge in [0.25, 0.3) is 0 Å². The molecular formula is C13H14O4. The smallest absolute Gasteiger partial charge is 0.357 e. The third-order valence-electron chi connectivity index (χ3n) is 2.46. The fourth-order valence-electron chi connectivity index (χ4n) is 1.47. The number of carbonyl (C=O) groups excluding carboxylic acids is 2. The first kappa shape index (κ1) is 11.6. The maximum absolute atomic E-state index is 11.7. The van der Waals surface area contributed by atoms with Gasteiger partial charge in [-0.1, -0.05) is 18.2 Å². The number of rotatable bonds is 1. The Balaban J connectivity index is 2.23. The van der Waals surface area contributed by atoms with Gasteiger partial charge in [-0.3, -0.25) is 4.79 Å². The standard InChI is InChI=1S/C13H14O4/c1-13(2,3)12(15)17-10-8-6-4-5-7-9(8)16-11(10)14/h4-7,10H,1-3H3. The Kier molecular flexibility index (Phi) is 2.65. The van der Waals surface area contributed by atoms with Crippen molar-refractivity contribution in [2.24, 2.45) is 5.41 Å². The minimum absolute atomic E-state index is 0.420. The Morgan fingerprint density at radius 2 is 1.94 bits per heavy atom. The van der Waals surface area contributed by atoms with Gasteiger partial charge in [-0.05, 0) is 26.8 Å². The highest BCUT2D eigenvalue weighted by atomic mass is 16.6. The second-order valence-corrected chi connectivity index (χ2v) is 4.99. The average Bonchev–Trinajstić information content (AvgIpc) is 2.54. The molecule has 4 heteroatoms. The summed E-state index contributed by atoms with van der Waals surface area (Å²) in [6.07, 6.45) is -0.932. The molecule has 0 N–H and O–H groups in total. The van der Waals surface area contributed by atoms with E-state index >= 15 is 0 Å². The molecule has 0 radical (unpaired) electrons. The van der Waals surface area contributed by atoms with Gasteiger partial charge < -0.3 is 9.47 Å². The van der Waals surface area contributed by atoms with Gasteiger partial charge in [0, 0.05) is 5.56 Å². The lowest BCUT2D eigenvalue weighted by Gasteiger charge is -2.18. The number of carbonyl (C=O) groups is 2. The Bertz CT molecular complexity index is 471. The summed E-state index contributed by atoms with van der Waals surface area (Å²) in [5.41, 5.74) is -0.0345. The van der Waals surface area contributed by atoms with Crippen LogP contribution in [-0.2, 0) is 14.3 Å². The van der Waals surface area contributed by atoms with E-state index in [0.717, 1.165) is 0 Å². The van der Waals surface area contributed by atoms with Gasteiger partial charge in [-0.2, -0.15) is 0 Å². The van der Waals surface area contributed by atoms with Gasteiger partial charge in [0.2, 0.25) is 6.10 Å². The number of ether oxygens (including phenoxy) is 2. The summed E-state index contributed by atoms with van der Waals surface area (Å²) < 4.78 is 10.2. The largest absolute Gasteiger partial charge is 0.445 e. The van der Waals surface area contributed by atoms with Crippen LogP contribution in [-0.4, -0.2) is 11.9 Å². The molecule has 17 heavy (non-hydrogen) atoms. The van der Waals surface area contributed by atoms with E-state index in [4.69, 9.17) is 9.47 Å². The molecule has 4 nitrogen and oxygen atoms in total. The van der Waals surface area contributed by atoms with E-state index in [2.05, 4.69) is 0 Å². The Labute approximate surface area is 99.5 Å². The van der Waals surface area contributed by atoms with Crippen molar-refractivity contribution in [3.05, 3.63) is 29.8 Å². The third-order valence-corrected chi connectivity index (χ3v) is 2.46. The lowest BCUT2D eigenvalue weighted by molar-refractivity contribution is -0.167. The summed E-state index contributed by atoms with van der Waals surface area (Å²) in [5.74, 6) is -0.496. The first-order valence-corrected chi connectivity index (χ1v) is 5.41. The normalized spacial score (nSPS) is 18.5. The lowest BCUT2D eigenvalue weighted by atomic mass is 9.97. The second kappa shape index (κ2) is 3.87. The predicted molar refractivity (Wildman–Crippen MR) is 60.4 cm³/mol. The average molecular weight is 234 g/mol. The van der Waals surface area contributed by atoms with E-state index in [1.807, 2.05) is 0 Å². The zero-order valence-electron chi connectivity index (χ0n) is 10.0. The second-order valence-electron chi connectivity index (χ2n) is 4.99. The van der Waals surface area contributed by atoms with Crippen molar-refractivity contribution in [3.8, 4) is 5.75 Å². The summed E-state index contributed by atoms with van der Waals surface area (Å²) in [6, 6.07) is 6.94. The maximum atomic E-state index is 11.7. The van der Waals surface area contributed by atoms with Crippen LogP contribution in [0.15, 0.2) is 24.3 Å². The molecule has 0 amide bonds. The van der Waals surface area contributed by atoms with Crippen molar-refractivity contribution >= 4 is 11.9 Å². The van der Waals surface area contributed by atoms with Gasteiger partial charge in [-0.15, -0.1) is 0 Å². The van der Waals surface area contributed by atoms with Gasteiger partial charge in [0.05, 0.1) is 5.41 Å². The summed E-state index contributed by atoms with van der Waals surface area (Å²) in [6.45, 7) is 5.21. The predicted octanol–water partition coefficient (Wildman–Crippen LogP) is 2.24. The van der Waals surface area contributed by atoms with Crippen LogP contribution in [0.4, 0.5) is 0 Å². The Morgan fingerprint density at radius 3 is 2.59 bits per heavy atom. The lowest BCUT2D eigenvalue weighted by Crippen LogP contribution is -2.27. The van der Waals surface area contributed by atoms with Crippen molar-refractivity contribution in [3.63, 3.8) is 0 Å². The SMILES string of the molecule is CC(C)(C)C(=O)OC1C(=O)Oc2ccccc21. The van der Waals surface area contributed by atoms with Gasteiger partial charge >= 0.3 is 11.9 Å². The molecule has 0 saturated carbocycles. The number of hydrogen-bond donors (Lipinski definition) is 0. The van der Waals surface area contributed by atoms with E-state index < -0.39 is 23.5 Å². The number of para-hydroxylation sites is 1. The molecule has 1 unspecified atom stereocenters. The summed E-state index contributed by atoms with van der Waals surface area (Å²) in [4.78, 5) is 23.3. The molecule has 2 rings (SSSR count). The van der Waals surface area contributed by atoms with Crippen LogP contribution in [0, 0.1) is 5.41 Å². The molecule has 1 aliphatic heterocycles. The van der Waals surface area contributed by atoms with Crippen LogP contribution in [0.5, 0.6) is 5.75 Å². The van der Waals surface area contributed by atoms with Crippen molar-refractivity contribution in [2.45, 2.75) is 26.9 Å². The molecule has 1 aromatic carbocycles. The molecule has 0 aromatic heterocycles. The summed E-state index contributed by atoms with van der Waals surface area (Å²) in [7, 11) is 0. The number of hydrogen-bond acceptors (Lipinski definition) is 4. The Hall–Kier alpha value is -1.84. The van der Waals surface area contributed by atoms with Crippen molar-refractivity contribution in [1.29, 1.82) is 0 Å². The zero-order chi connectivity index (χ0) is 12.6. The molecule has 1 aliphatic rings. The van der Waals surface area contributed by atoms with Gasteiger partial charge in [-0.25, -0.2) is 4.79 Å². The van der Waals surface area contributed by atoms with Crippen LogP contribution >= 0.6 is 0 Å². The highest BCUT2D eigenvalue weighted by Crippen LogP contribution is 2.36. The minimum Gasteiger partial charge on any atom is -0.445 e. The van der Waals surface area contributed by atoms with Crippen LogP contribution < -0.4 is 4.74 Å². The summed E-state index contributed by atoms with van der Waals surface area (Å²) >= 11 is 0. The molecule has 0 saturated heterocycles. The Morgan fingerprint density at radius 1 is 1.29 bits per heavy atom. The zero-order valence-corrected chi connectivity index (χ0v) is 10.0. The molecule has 0 aliphatic carbocycles. The first-order valence-electron chi connectivity index (χ1n) is 5.41. The molecular weight excluding hydrogens is 220 g/mol. The number of fused-ring (bicyclic) bond motifs is 1. The fourth-order valence-corrected chi connectivity index (χ4v) is 1.47. The van der Waals surface area contributed by atoms with Crippen molar-refractivity contribution < 1.29 is 19.1 Å². The highest BCUT2D eigenvalue weighted by Gasteiger charge is 2.38. The molecule has 1 aromatic rings. The van der Waals surface area contributed by atoms with Crippen LogP contribution in [0.2, 0.25) is 0 Å². The topological polar surface area (TPSA) is 52.6 Å². The van der Waals surface area contributed by atoms with E-state index in [1.165, 1.54) is 0 Å². The molecule has 0 bridgehead atoms. The van der Waals surface area contributed by atoms with Crippen LogP contribution in [0.25, 0.3) is 0 Å². The first-order chi connectivity index (χ1) is 7.89. The minimum atomic E-state index is -0.932. The number of esters is 2. The third kappa shape index (κ3) is 2.16. The fraction of sp³-hybridized carbons (Fsp3) is 0.385. The van der Waals surface area contributed by atoms with Gasteiger partial charge in [0.15, 0.2) is 0 Å². The van der Waals surface area contributed by atoms with E-state index in [1.54, 1.807) is 45.0 Å². The van der Waals surface area contributed by atoms with Crippen LogP contribution in [0.1, 0.15) is 32.4 Å². The molecule has 90 valence electrons. The van der Waals surface area contributed by atoms with E-state index in [9.17, 15) is 9.59 Å². The van der Waals surface area contributed by atoms with Crippen molar-refractivity contribution in [2.75, 3.05) is 0 Å². The number of benzene rings is 1. The van der Waals surface area contributed by atoms with Crippen LogP contribution in [0.3, 0.4) is 0 Å². The molecule has 1 heterocycles. The molecule has 0 fully saturated rings. The highest BCUT2D eigenvalue weighted by molar-refractivity contribution is 5.87. The maximum Gasteiger partial charge on any atom is 0.357 e. The van der Waals surface area contributed by atoms with E-state index in [-0.39, 0.29) is 0 Å². The molecule has 1 atom stereocenters. The monoisotopic (exact) mass is 234 g/mol. The summed E-state index contributed by atoms with van der Waals surface area (Å²) in [5, 5.41) is 0. The molecule has 0 spiro atoms.